The van der Waals surface area contributed by atoms with E-state index >= 15 is 0 Å². The minimum Gasteiger partial charge on any atom is -0.481 e. The van der Waals surface area contributed by atoms with Crippen LogP contribution in [-0.2, 0) is 9.59 Å². The number of carbonyl (C=O) groups excluding carboxylic acids is 1. The molecule has 1 heterocycles. The van der Waals surface area contributed by atoms with Gasteiger partial charge in [0.05, 0.1) is 18.0 Å². The Morgan fingerprint density at radius 2 is 1.85 bits per heavy atom. The molecule has 0 aliphatic rings. The first-order valence-electron chi connectivity index (χ1n) is 10.2. The van der Waals surface area contributed by atoms with E-state index in [1.807, 2.05) is 11.9 Å². The summed E-state index contributed by atoms with van der Waals surface area (Å²) >= 11 is 0. The van der Waals surface area contributed by atoms with Crippen LogP contribution in [0.1, 0.15) is 28.9 Å². The number of aliphatic carboxylic acids is 2. The van der Waals surface area contributed by atoms with Crippen LogP contribution in [0.25, 0.3) is 0 Å². The standard InChI is InChI=1S/C22H27N7O5/c1-4-14(26-18-12(2)25-22(24)28-19(18)23)11-29(3)15-7-5-13(6-8-15)20(32)27-16(21(33)34)9-10-17(30)31/h4-8,16H,1,9-11H2,2-3H3,(H,27,32)(H,30,31)(H,33,34)(H4,23,24,25,28)/b26-14+. The zero-order valence-corrected chi connectivity index (χ0v) is 18.9. The molecule has 0 bridgehead atoms. The van der Waals surface area contributed by atoms with Gasteiger partial charge in [-0.15, -0.1) is 0 Å². The lowest BCUT2D eigenvalue weighted by atomic mass is 10.1. The molecule has 0 radical (unpaired) electrons. The number of rotatable bonds is 11. The molecule has 12 nitrogen and oxygen atoms in total. The Balaban J connectivity index is 2.11. The van der Waals surface area contributed by atoms with Crippen LogP contribution in [0.5, 0.6) is 0 Å². The second-order valence-corrected chi connectivity index (χ2v) is 7.41. The monoisotopic (exact) mass is 469 g/mol. The van der Waals surface area contributed by atoms with Gasteiger partial charge in [-0.25, -0.2) is 14.8 Å². The molecule has 7 N–H and O–H groups in total. The lowest BCUT2D eigenvalue weighted by molar-refractivity contribution is -0.140. The highest BCUT2D eigenvalue weighted by Gasteiger charge is 2.21. The number of nitrogen functional groups attached to an aromatic ring is 2. The predicted octanol–water partition coefficient (Wildman–Crippen LogP) is 1.39. The highest BCUT2D eigenvalue weighted by molar-refractivity contribution is 6.00. The average Bonchev–Trinajstić information content (AvgIpc) is 2.77. The average molecular weight is 470 g/mol. The van der Waals surface area contributed by atoms with E-state index in [1.165, 1.54) is 12.1 Å². The summed E-state index contributed by atoms with van der Waals surface area (Å²) in [7, 11) is 1.82. The Kier molecular flexibility index (Phi) is 8.65. The van der Waals surface area contributed by atoms with Crippen LogP contribution >= 0.6 is 0 Å². The summed E-state index contributed by atoms with van der Waals surface area (Å²) in [4.78, 5) is 48.7. The molecule has 0 aliphatic heterocycles. The van der Waals surface area contributed by atoms with Crippen molar-refractivity contribution in [1.82, 2.24) is 15.3 Å². The number of aliphatic imine (C=N–C) groups is 1. The molecule has 1 amide bonds. The predicted molar refractivity (Wildman–Crippen MR) is 128 cm³/mol. The van der Waals surface area contributed by atoms with E-state index in [-0.39, 0.29) is 30.2 Å². The van der Waals surface area contributed by atoms with Crippen LogP contribution in [0.3, 0.4) is 0 Å². The molecule has 34 heavy (non-hydrogen) atoms. The van der Waals surface area contributed by atoms with Crippen molar-refractivity contribution in [1.29, 1.82) is 0 Å². The molecule has 2 rings (SSSR count). The minimum atomic E-state index is -1.30. The van der Waals surface area contributed by atoms with Gasteiger partial charge < -0.3 is 31.9 Å². The van der Waals surface area contributed by atoms with E-state index in [2.05, 4.69) is 26.9 Å². The molecule has 0 spiro atoms. The van der Waals surface area contributed by atoms with Crippen molar-refractivity contribution in [3.8, 4) is 0 Å². The number of nitrogens with two attached hydrogens (primary N) is 2. The van der Waals surface area contributed by atoms with Crippen LogP contribution in [0.4, 0.5) is 23.1 Å². The summed E-state index contributed by atoms with van der Waals surface area (Å²) in [6.45, 7) is 5.86. The first kappa shape index (κ1) is 25.8. The van der Waals surface area contributed by atoms with Gasteiger partial charge in [-0.05, 0) is 43.7 Å². The Morgan fingerprint density at radius 1 is 1.21 bits per heavy atom. The lowest BCUT2D eigenvalue weighted by Crippen LogP contribution is -2.41. The summed E-state index contributed by atoms with van der Waals surface area (Å²) in [5.41, 5.74) is 14.0. The van der Waals surface area contributed by atoms with Crippen molar-refractivity contribution in [3.05, 3.63) is 48.2 Å². The van der Waals surface area contributed by atoms with Crippen molar-refractivity contribution in [2.24, 2.45) is 4.99 Å². The van der Waals surface area contributed by atoms with E-state index in [1.54, 1.807) is 25.1 Å². The summed E-state index contributed by atoms with van der Waals surface area (Å²) in [5, 5.41) is 20.3. The Morgan fingerprint density at radius 3 is 2.38 bits per heavy atom. The van der Waals surface area contributed by atoms with E-state index in [4.69, 9.17) is 16.6 Å². The lowest BCUT2D eigenvalue weighted by Gasteiger charge is -2.20. The SMILES string of the molecule is C=C/C(CN(C)c1ccc(C(=O)NC(CCC(=O)O)C(=O)O)cc1)=N\c1c(C)nc(N)nc1N. The number of nitrogens with zero attached hydrogens (tertiary/aromatic N) is 4. The summed E-state index contributed by atoms with van der Waals surface area (Å²) in [6, 6.07) is 5.16. The van der Waals surface area contributed by atoms with Crippen LogP contribution in [0, 0.1) is 6.92 Å². The van der Waals surface area contributed by atoms with Gasteiger partial charge >= 0.3 is 11.9 Å². The molecule has 1 atom stereocenters. The Bertz CT molecular complexity index is 1090. The van der Waals surface area contributed by atoms with Crippen molar-refractivity contribution >= 4 is 46.7 Å². The van der Waals surface area contributed by atoms with Gasteiger partial charge in [0.2, 0.25) is 5.95 Å². The number of benzene rings is 1. The van der Waals surface area contributed by atoms with Gasteiger partial charge in [-0.2, -0.15) is 4.98 Å². The highest BCUT2D eigenvalue weighted by Crippen LogP contribution is 2.24. The van der Waals surface area contributed by atoms with E-state index in [9.17, 15) is 19.5 Å². The normalized spacial score (nSPS) is 12.0. The van der Waals surface area contributed by atoms with Gasteiger partial charge in [-0.1, -0.05) is 6.58 Å². The fraction of sp³-hybridized carbons (Fsp3) is 0.273. The molecule has 180 valence electrons. The quantitative estimate of drug-likeness (QED) is 0.300. The first-order valence-corrected chi connectivity index (χ1v) is 10.2. The van der Waals surface area contributed by atoms with Gasteiger partial charge in [0, 0.05) is 24.7 Å². The van der Waals surface area contributed by atoms with Crippen molar-refractivity contribution in [3.63, 3.8) is 0 Å². The van der Waals surface area contributed by atoms with E-state index < -0.39 is 23.9 Å². The topological polar surface area (TPSA) is 197 Å². The number of carboxylic acid groups (broad SMARTS) is 2. The second-order valence-electron chi connectivity index (χ2n) is 7.41. The summed E-state index contributed by atoms with van der Waals surface area (Å²) < 4.78 is 0. The van der Waals surface area contributed by atoms with Crippen molar-refractivity contribution in [2.75, 3.05) is 30.0 Å². The molecule has 1 aromatic heterocycles. The number of nitrogens with one attached hydrogen (secondary N) is 1. The smallest absolute Gasteiger partial charge is 0.326 e. The maximum Gasteiger partial charge on any atom is 0.326 e. The molecular formula is C22H27N7O5. The fourth-order valence-corrected chi connectivity index (χ4v) is 3.01. The third-order valence-electron chi connectivity index (χ3n) is 4.81. The molecule has 1 aromatic carbocycles. The molecule has 12 heteroatoms. The summed E-state index contributed by atoms with van der Waals surface area (Å²) in [6.07, 6.45) is 0.989. The molecule has 0 saturated carbocycles. The van der Waals surface area contributed by atoms with Gasteiger partial charge in [0.25, 0.3) is 5.91 Å². The van der Waals surface area contributed by atoms with Gasteiger partial charge in [-0.3, -0.25) is 9.59 Å². The molecular weight excluding hydrogens is 442 g/mol. The maximum absolute atomic E-state index is 12.4. The highest BCUT2D eigenvalue weighted by atomic mass is 16.4. The number of carboxylic acids is 2. The minimum absolute atomic E-state index is 0.0620. The zero-order chi connectivity index (χ0) is 25.4. The number of hydrogen-bond acceptors (Lipinski definition) is 9. The number of anilines is 3. The van der Waals surface area contributed by atoms with E-state index in [0.29, 0.717) is 23.6 Å². The Hall–Kier alpha value is -4.48. The van der Waals surface area contributed by atoms with Crippen LogP contribution < -0.4 is 21.7 Å². The molecule has 0 aliphatic carbocycles. The number of aromatic nitrogens is 2. The number of carbonyl (C=O) groups is 3. The largest absolute Gasteiger partial charge is 0.481 e. The molecule has 0 fully saturated rings. The second kappa shape index (κ2) is 11.4. The zero-order valence-electron chi connectivity index (χ0n) is 18.9. The summed E-state index contributed by atoms with van der Waals surface area (Å²) in [5.74, 6) is -2.84. The molecule has 2 aromatic rings. The number of aryl methyl sites for hydroxylation is 1. The van der Waals surface area contributed by atoms with Crippen LogP contribution in [0.15, 0.2) is 41.9 Å². The Labute approximate surface area is 196 Å². The van der Waals surface area contributed by atoms with Gasteiger partial charge in [0.15, 0.2) is 5.82 Å². The number of amides is 1. The fourth-order valence-electron chi connectivity index (χ4n) is 3.01. The van der Waals surface area contributed by atoms with Crippen molar-refractivity contribution in [2.45, 2.75) is 25.8 Å². The van der Waals surface area contributed by atoms with Crippen molar-refractivity contribution < 1.29 is 24.6 Å². The van der Waals surface area contributed by atoms with Crippen LogP contribution in [-0.4, -0.2) is 63.4 Å². The molecule has 1 unspecified atom stereocenters. The van der Waals surface area contributed by atoms with Crippen LogP contribution in [0.2, 0.25) is 0 Å². The third kappa shape index (κ3) is 7.02. The number of hydrogen-bond donors (Lipinski definition) is 5. The maximum atomic E-state index is 12.4. The van der Waals surface area contributed by atoms with E-state index in [0.717, 1.165) is 5.69 Å². The third-order valence-corrected chi connectivity index (χ3v) is 4.81. The molecule has 0 saturated heterocycles. The van der Waals surface area contributed by atoms with Gasteiger partial charge in [0.1, 0.15) is 11.7 Å². The first-order chi connectivity index (χ1) is 16.0.